The van der Waals surface area contributed by atoms with E-state index < -0.39 is 0 Å². The maximum absolute atomic E-state index is 6.20. The van der Waals surface area contributed by atoms with Crippen molar-refractivity contribution < 1.29 is 0 Å². The average molecular weight is 254 g/mol. The van der Waals surface area contributed by atoms with Crippen LogP contribution in [0.15, 0.2) is 0 Å². The highest BCUT2D eigenvalue weighted by molar-refractivity contribution is 4.95. The van der Waals surface area contributed by atoms with E-state index in [-0.39, 0.29) is 5.54 Å². The van der Waals surface area contributed by atoms with Crippen LogP contribution in [0.4, 0.5) is 0 Å². The summed E-state index contributed by atoms with van der Waals surface area (Å²) in [4.78, 5) is 2.65. The third-order valence-corrected chi connectivity index (χ3v) is 4.92. The summed E-state index contributed by atoms with van der Waals surface area (Å²) in [5.41, 5.74) is 6.48. The Labute approximate surface area is 114 Å². The Bertz CT molecular complexity index is 227. The van der Waals surface area contributed by atoms with Crippen molar-refractivity contribution in [3.05, 3.63) is 0 Å². The summed E-state index contributed by atoms with van der Waals surface area (Å²) < 4.78 is 0. The molecule has 0 aromatic heterocycles. The van der Waals surface area contributed by atoms with E-state index in [9.17, 15) is 0 Å². The van der Waals surface area contributed by atoms with E-state index in [0.29, 0.717) is 6.04 Å². The monoisotopic (exact) mass is 254 g/mol. The van der Waals surface area contributed by atoms with Crippen molar-refractivity contribution in [2.45, 2.75) is 84.2 Å². The Kier molecular flexibility index (Phi) is 6.65. The van der Waals surface area contributed by atoms with Gasteiger partial charge in [-0.15, -0.1) is 0 Å². The van der Waals surface area contributed by atoms with Crippen LogP contribution in [0.2, 0.25) is 0 Å². The van der Waals surface area contributed by atoms with Crippen LogP contribution in [0.5, 0.6) is 0 Å². The highest BCUT2D eigenvalue weighted by atomic mass is 15.2. The van der Waals surface area contributed by atoms with Gasteiger partial charge in [-0.25, -0.2) is 0 Å². The molecule has 0 heterocycles. The van der Waals surface area contributed by atoms with E-state index >= 15 is 0 Å². The van der Waals surface area contributed by atoms with E-state index in [0.717, 1.165) is 19.0 Å². The zero-order valence-electron chi connectivity index (χ0n) is 13.0. The van der Waals surface area contributed by atoms with E-state index in [1.807, 2.05) is 0 Å². The molecule has 2 heteroatoms. The van der Waals surface area contributed by atoms with Gasteiger partial charge in [0.2, 0.25) is 0 Å². The number of hydrogen-bond donors (Lipinski definition) is 1. The van der Waals surface area contributed by atoms with Gasteiger partial charge in [0, 0.05) is 18.1 Å². The molecule has 1 aliphatic rings. The summed E-state index contributed by atoms with van der Waals surface area (Å²) in [6, 6.07) is 0.612. The predicted molar refractivity (Wildman–Crippen MR) is 80.8 cm³/mol. The van der Waals surface area contributed by atoms with Gasteiger partial charge < -0.3 is 5.73 Å². The Morgan fingerprint density at radius 3 is 2.44 bits per heavy atom. The number of likely N-dealkylation sites (N-methyl/N-ethyl adjacent to an activating group) is 1. The molecule has 1 fully saturated rings. The first-order chi connectivity index (χ1) is 8.59. The van der Waals surface area contributed by atoms with Crippen molar-refractivity contribution in [2.75, 3.05) is 13.1 Å². The van der Waals surface area contributed by atoms with Crippen LogP contribution in [0.3, 0.4) is 0 Å². The standard InChI is InChI=1S/C16H34N2/c1-5-8-15-9-7-11-16(13-17,12-10-15)18(6-2)14(3)4/h14-15H,5-13,17H2,1-4H3. The maximum Gasteiger partial charge on any atom is 0.0334 e. The fourth-order valence-corrected chi connectivity index (χ4v) is 4.02. The normalized spacial score (nSPS) is 29.8. The molecule has 1 saturated carbocycles. The lowest BCUT2D eigenvalue weighted by Crippen LogP contribution is -2.56. The molecular formula is C16H34N2. The molecule has 0 amide bonds. The van der Waals surface area contributed by atoms with Gasteiger partial charge in [-0.3, -0.25) is 4.90 Å². The molecule has 18 heavy (non-hydrogen) atoms. The Morgan fingerprint density at radius 1 is 1.22 bits per heavy atom. The van der Waals surface area contributed by atoms with E-state index in [2.05, 4.69) is 32.6 Å². The van der Waals surface area contributed by atoms with Crippen molar-refractivity contribution in [1.82, 2.24) is 4.90 Å². The van der Waals surface area contributed by atoms with E-state index in [1.165, 1.54) is 44.9 Å². The number of nitrogens with zero attached hydrogens (tertiary/aromatic N) is 1. The SMILES string of the molecule is CCCC1CCCC(CN)(N(CC)C(C)C)CC1. The Hall–Kier alpha value is -0.0800. The van der Waals surface area contributed by atoms with Crippen molar-refractivity contribution in [3.8, 4) is 0 Å². The molecular weight excluding hydrogens is 220 g/mol. The minimum Gasteiger partial charge on any atom is -0.329 e. The molecule has 2 atom stereocenters. The minimum atomic E-state index is 0.283. The van der Waals surface area contributed by atoms with Crippen LogP contribution in [0, 0.1) is 5.92 Å². The van der Waals surface area contributed by atoms with Gasteiger partial charge in [0.05, 0.1) is 0 Å². The maximum atomic E-state index is 6.20. The first-order valence-corrected chi connectivity index (χ1v) is 8.06. The topological polar surface area (TPSA) is 29.3 Å². The van der Waals surface area contributed by atoms with Gasteiger partial charge >= 0.3 is 0 Å². The van der Waals surface area contributed by atoms with Gasteiger partial charge in [0.15, 0.2) is 0 Å². The summed E-state index contributed by atoms with van der Waals surface area (Å²) in [5.74, 6) is 0.953. The predicted octanol–water partition coefficient (Wildman–Crippen LogP) is 3.79. The zero-order valence-corrected chi connectivity index (χ0v) is 13.0. The molecule has 1 aliphatic carbocycles. The largest absolute Gasteiger partial charge is 0.329 e. The summed E-state index contributed by atoms with van der Waals surface area (Å²) in [6.45, 7) is 11.2. The Morgan fingerprint density at radius 2 is 1.94 bits per heavy atom. The van der Waals surface area contributed by atoms with E-state index in [1.54, 1.807) is 0 Å². The molecule has 0 radical (unpaired) electrons. The van der Waals surface area contributed by atoms with Gasteiger partial charge in [0.25, 0.3) is 0 Å². The minimum absolute atomic E-state index is 0.283. The molecule has 0 saturated heterocycles. The van der Waals surface area contributed by atoms with Crippen LogP contribution in [0.25, 0.3) is 0 Å². The molecule has 0 spiro atoms. The number of hydrogen-bond acceptors (Lipinski definition) is 2. The lowest BCUT2D eigenvalue weighted by atomic mass is 9.86. The second-order valence-electron chi connectivity index (χ2n) is 6.39. The summed E-state index contributed by atoms with van der Waals surface area (Å²) in [5, 5.41) is 0. The van der Waals surface area contributed by atoms with Crippen LogP contribution < -0.4 is 5.73 Å². The molecule has 108 valence electrons. The fraction of sp³-hybridized carbons (Fsp3) is 1.00. The second kappa shape index (κ2) is 7.49. The molecule has 0 aliphatic heterocycles. The molecule has 1 rings (SSSR count). The molecule has 2 nitrogen and oxygen atoms in total. The highest BCUT2D eigenvalue weighted by Gasteiger charge is 2.37. The third-order valence-electron chi connectivity index (χ3n) is 4.92. The fourth-order valence-electron chi connectivity index (χ4n) is 4.02. The van der Waals surface area contributed by atoms with E-state index in [4.69, 9.17) is 5.73 Å². The molecule has 0 bridgehead atoms. The van der Waals surface area contributed by atoms with Crippen molar-refractivity contribution >= 4 is 0 Å². The summed E-state index contributed by atoms with van der Waals surface area (Å²) >= 11 is 0. The molecule has 0 aromatic carbocycles. The first kappa shape index (κ1) is 16.0. The van der Waals surface area contributed by atoms with Gasteiger partial charge in [0.1, 0.15) is 0 Å². The zero-order chi connectivity index (χ0) is 13.6. The van der Waals surface area contributed by atoms with Gasteiger partial charge in [-0.05, 0) is 45.6 Å². The summed E-state index contributed by atoms with van der Waals surface area (Å²) in [7, 11) is 0. The van der Waals surface area contributed by atoms with Crippen molar-refractivity contribution in [1.29, 1.82) is 0 Å². The van der Waals surface area contributed by atoms with Crippen molar-refractivity contribution in [3.63, 3.8) is 0 Å². The Balaban J connectivity index is 2.75. The second-order valence-corrected chi connectivity index (χ2v) is 6.39. The smallest absolute Gasteiger partial charge is 0.0334 e. The summed E-state index contributed by atoms with van der Waals surface area (Å²) in [6.07, 6.45) is 9.52. The lowest BCUT2D eigenvalue weighted by Gasteiger charge is -2.45. The number of rotatable bonds is 6. The highest BCUT2D eigenvalue weighted by Crippen LogP contribution is 2.36. The quantitative estimate of drug-likeness (QED) is 0.731. The average Bonchev–Trinajstić information content (AvgIpc) is 2.54. The third kappa shape index (κ3) is 3.71. The van der Waals surface area contributed by atoms with Crippen LogP contribution in [-0.4, -0.2) is 29.6 Å². The van der Waals surface area contributed by atoms with Crippen molar-refractivity contribution in [2.24, 2.45) is 11.7 Å². The molecule has 2 unspecified atom stereocenters. The molecule has 2 N–H and O–H groups in total. The van der Waals surface area contributed by atoms with Crippen LogP contribution in [-0.2, 0) is 0 Å². The van der Waals surface area contributed by atoms with Gasteiger partial charge in [-0.1, -0.05) is 39.5 Å². The first-order valence-electron chi connectivity index (χ1n) is 8.06. The van der Waals surface area contributed by atoms with Crippen LogP contribution in [0.1, 0.15) is 72.6 Å². The van der Waals surface area contributed by atoms with Gasteiger partial charge in [-0.2, -0.15) is 0 Å². The lowest BCUT2D eigenvalue weighted by molar-refractivity contribution is 0.0524. The molecule has 0 aromatic rings. The number of nitrogens with two attached hydrogens (primary N) is 1. The van der Waals surface area contributed by atoms with Crippen LogP contribution >= 0.6 is 0 Å².